The van der Waals surface area contributed by atoms with Crippen molar-refractivity contribution in [2.45, 2.75) is 12.5 Å². The van der Waals surface area contributed by atoms with Gasteiger partial charge in [-0.1, -0.05) is 42.5 Å². The van der Waals surface area contributed by atoms with Crippen LogP contribution >= 0.6 is 0 Å². The van der Waals surface area contributed by atoms with E-state index in [1.165, 1.54) is 11.3 Å². The Hall–Kier alpha value is -1.80. The summed E-state index contributed by atoms with van der Waals surface area (Å²) in [6, 6.07) is 16.1. The van der Waals surface area contributed by atoms with Crippen LogP contribution in [0.4, 0.5) is 5.69 Å². The lowest BCUT2D eigenvalue weighted by molar-refractivity contribution is 0.220. The first-order chi connectivity index (χ1) is 8.75. The number of nitrogens with zero attached hydrogens (tertiary/aromatic N) is 1. The second-order valence-electron chi connectivity index (χ2n) is 4.87. The number of likely N-dealkylation sites (N-methyl/N-ethyl adjacent to an activating group) is 1. The number of hydrogen-bond acceptors (Lipinski definition) is 2. The van der Waals surface area contributed by atoms with Crippen molar-refractivity contribution in [2.75, 3.05) is 18.5 Å². The highest BCUT2D eigenvalue weighted by molar-refractivity contribution is 5.59. The lowest BCUT2D eigenvalue weighted by Gasteiger charge is -2.15. The number of rotatable bonds is 2. The minimum Gasteiger partial charge on any atom is -0.384 e. The van der Waals surface area contributed by atoms with E-state index in [1.807, 2.05) is 36.4 Å². The molecule has 0 saturated carbocycles. The Morgan fingerprint density at radius 3 is 2.61 bits per heavy atom. The molecule has 1 N–H and O–H groups in total. The summed E-state index contributed by atoms with van der Waals surface area (Å²) in [4.78, 5) is 2.26. The van der Waals surface area contributed by atoms with Crippen molar-refractivity contribution < 1.29 is 5.11 Å². The minimum atomic E-state index is -0.526. The molecule has 0 fully saturated rings. The highest BCUT2D eigenvalue weighted by atomic mass is 16.3. The van der Waals surface area contributed by atoms with Gasteiger partial charge in [-0.2, -0.15) is 0 Å². The molecule has 0 radical (unpaired) electrons. The standard InChI is InChI=1S/C16H17NO/c1-17-10-9-13-11-14(7-8-15(13)17)16(18)12-5-3-2-4-6-12/h2-8,11,16,18H,9-10H2,1H3. The highest BCUT2D eigenvalue weighted by Crippen LogP contribution is 2.31. The molecule has 2 aromatic rings. The first kappa shape index (κ1) is 11.3. The summed E-state index contributed by atoms with van der Waals surface area (Å²) in [5.41, 5.74) is 4.56. The van der Waals surface area contributed by atoms with E-state index < -0.39 is 6.10 Å². The molecule has 0 aliphatic carbocycles. The maximum Gasteiger partial charge on any atom is 0.104 e. The van der Waals surface area contributed by atoms with Crippen LogP contribution in [0.5, 0.6) is 0 Å². The zero-order valence-electron chi connectivity index (χ0n) is 10.5. The summed E-state index contributed by atoms with van der Waals surface area (Å²) in [5, 5.41) is 10.4. The third-order valence-electron chi connectivity index (χ3n) is 3.66. The number of aliphatic hydroxyl groups is 1. The topological polar surface area (TPSA) is 23.5 Å². The summed E-state index contributed by atoms with van der Waals surface area (Å²) in [7, 11) is 2.11. The third-order valence-corrected chi connectivity index (χ3v) is 3.66. The van der Waals surface area contributed by atoms with Crippen LogP contribution in [0, 0.1) is 0 Å². The van der Waals surface area contributed by atoms with Gasteiger partial charge in [0.1, 0.15) is 6.10 Å². The zero-order valence-corrected chi connectivity index (χ0v) is 10.5. The average molecular weight is 239 g/mol. The molecule has 18 heavy (non-hydrogen) atoms. The molecule has 92 valence electrons. The van der Waals surface area contributed by atoms with Crippen LogP contribution in [-0.2, 0) is 6.42 Å². The molecule has 1 aliphatic heterocycles. The summed E-state index contributed by atoms with van der Waals surface area (Å²) >= 11 is 0. The van der Waals surface area contributed by atoms with E-state index in [-0.39, 0.29) is 0 Å². The number of fused-ring (bicyclic) bond motifs is 1. The molecular formula is C16H17NO. The van der Waals surface area contributed by atoms with E-state index in [0.717, 1.165) is 24.1 Å². The molecule has 2 aromatic carbocycles. The molecule has 0 aromatic heterocycles. The minimum absolute atomic E-state index is 0.526. The molecule has 1 aliphatic rings. The van der Waals surface area contributed by atoms with Gasteiger partial charge in [-0.15, -0.1) is 0 Å². The van der Waals surface area contributed by atoms with Gasteiger partial charge in [-0.05, 0) is 29.2 Å². The van der Waals surface area contributed by atoms with Crippen molar-refractivity contribution in [3.8, 4) is 0 Å². The van der Waals surface area contributed by atoms with Gasteiger partial charge in [0.15, 0.2) is 0 Å². The van der Waals surface area contributed by atoms with Crippen LogP contribution in [0.2, 0.25) is 0 Å². The number of aliphatic hydroxyl groups excluding tert-OH is 1. The maximum absolute atomic E-state index is 10.4. The summed E-state index contributed by atoms with van der Waals surface area (Å²) < 4.78 is 0. The number of anilines is 1. The SMILES string of the molecule is CN1CCc2cc(C(O)c3ccccc3)ccc21. The Kier molecular flexibility index (Phi) is 2.80. The van der Waals surface area contributed by atoms with E-state index in [4.69, 9.17) is 0 Å². The molecule has 0 bridgehead atoms. The van der Waals surface area contributed by atoms with E-state index in [9.17, 15) is 5.11 Å². The second kappa shape index (κ2) is 4.46. The van der Waals surface area contributed by atoms with Gasteiger partial charge in [-0.25, -0.2) is 0 Å². The molecule has 2 heteroatoms. The molecule has 0 spiro atoms. The summed E-state index contributed by atoms with van der Waals surface area (Å²) in [5.74, 6) is 0. The Balaban J connectivity index is 1.94. The van der Waals surface area contributed by atoms with E-state index in [0.29, 0.717) is 0 Å². The van der Waals surface area contributed by atoms with Crippen LogP contribution in [0.25, 0.3) is 0 Å². The largest absolute Gasteiger partial charge is 0.384 e. The van der Waals surface area contributed by atoms with Gasteiger partial charge in [0.2, 0.25) is 0 Å². The fraction of sp³-hybridized carbons (Fsp3) is 0.250. The van der Waals surface area contributed by atoms with Crippen molar-refractivity contribution in [2.24, 2.45) is 0 Å². The van der Waals surface area contributed by atoms with Gasteiger partial charge in [-0.3, -0.25) is 0 Å². The highest BCUT2D eigenvalue weighted by Gasteiger charge is 2.18. The first-order valence-electron chi connectivity index (χ1n) is 6.32. The van der Waals surface area contributed by atoms with Crippen LogP contribution in [0.1, 0.15) is 22.8 Å². The Labute approximate surface area is 107 Å². The zero-order chi connectivity index (χ0) is 12.5. The Morgan fingerprint density at radius 1 is 1.06 bits per heavy atom. The van der Waals surface area contributed by atoms with Gasteiger partial charge < -0.3 is 10.0 Å². The smallest absolute Gasteiger partial charge is 0.104 e. The molecular weight excluding hydrogens is 222 g/mol. The number of hydrogen-bond donors (Lipinski definition) is 1. The average Bonchev–Trinajstić information content (AvgIpc) is 2.80. The predicted octanol–water partition coefficient (Wildman–Crippen LogP) is 2.76. The lowest BCUT2D eigenvalue weighted by atomic mass is 9.99. The van der Waals surface area contributed by atoms with Crippen LogP contribution in [-0.4, -0.2) is 18.7 Å². The maximum atomic E-state index is 10.4. The molecule has 0 amide bonds. The van der Waals surface area contributed by atoms with Gasteiger partial charge >= 0.3 is 0 Å². The van der Waals surface area contributed by atoms with Crippen molar-refractivity contribution in [1.82, 2.24) is 0 Å². The van der Waals surface area contributed by atoms with Gasteiger partial charge in [0.25, 0.3) is 0 Å². The van der Waals surface area contributed by atoms with Crippen LogP contribution in [0.3, 0.4) is 0 Å². The molecule has 1 atom stereocenters. The molecule has 1 heterocycles. The summed E-state index contributed by atoms with van der Waals surface area (Å²) in [6.07, 6.45) is 0.545. The fourth-order valence-corrected chi connectivity index (χ4v) is 2.58. The van der Waals surface area contributed by atoms with E-state index in [1.54, 1.807) is 0 Å². The molecule has 1 unspecified atom stereocenters. The van der Waals surface area contributed by atoms with Crippen LogP contribution < -0.4 is 4.90 Å². The predicted molar refractivity (Wildman–Crippen MR) is 73.9 cm³/mol. The second-order valence-corrected chi connectivity index (χ2v) is 4.87. The Morgan fingerprint density at radius 2 is 1.83 bits per heavy atom. The first-order valence-corrected chi connectivity index (χ1v) is 6.32. The monoisotopic (exact) mass is 239 g/mol. The summed E-state index contributed by atoms with van der Waals surface area (Å²) in [6.45, 7) is 1.07. The van der Waals surface area contributed by atoms with Crippen molar-refractivity contribution in [1.29, 1.82) is 0 Å². The van der Waals surface area contributed by atoms with Crippen LogP contribution in [0.15, 0.2) is 48.5 Å². The van der Waals surface area contributed by atoms with Crippen molar-refractivity contribution >= 4 is 5.69 Å². The van der Waals surface area contributed by atoms with Gasteiger partial charge in [0, 0.05) is 19.3 Å². The lowest BCUT2D eigenvalue weighted by Crippen LogP contribution is -2.12. The van der Waals surface area contributed by atoms with Crippen molar-refractivity contribution in [3.63, 3.8) is 0 Å². The fourth-order valence-electron chi connectivity index (χ4n) is 2.58. The third kappa shape index (κ3) is 1.89. The van der Waals surface area contributed by atoms with E-state index in [2.05, 4.69) is 24.1 Å². The Bertz CT molecular complexity index is 550. The van der Waals surface area contributed by atoms with Gasteiger partial charge in [0.05, 0.1) is 0 Å². The quantitative estimate of drug-likeness (QED) is 0.871. The van der Waals surface area contributed by atoms with E-state index >= 15 is 0 Å². The molecule has 2 nitrogen and oxygen atoms in total. The normalized spacial score (nSPS) is 15.6. The number of benzene rings is 2. The molecule has 0 saturated heterocycles. The molecule has 3 rings (SSSR count). The van der Waals surface area contributed by atoms with Crippen molar-refractivity contribution in [3.05, 3.63) is 65.2 Å².